The lowest BCUT2D eigenvalue weighted by atomic mass is 10.1. The van der Waals surface area contributed by atoms with E-state index in [1.807, 2.05) is 63.2 Å². The molecule has 35 heavy (non-hydrogen) atoms. The van der Waals surface area contributed by atoms with Gasteiger partial charge in [0.1, 0.15) is 12.4 Å². The van der Waals surface area contributed by atoms with Crippen molar-refractivity contribution in [2.24, 2.45) is 0 Å². The third-order valence-corrected chi connectivity index (χ3v) is 6.25. The summed E-state index contributed by atoms with van der Waals surface area (Å²) in [7, 11) is 0. The van der Waals surface area contributed by atoms with E-state index in [-0.39, 0.29) is 31.2 Å². The number of nitrogens with one attached hydrogen (secondary N) is 1. The maximum absolute atomic E-state index is 13.6. The van der Waals surface area contributed by atoms with Crippen LogP contribution in [0.25, 0.3) is 11.4 Å². The van der Waals surface area contributed by atoms with Crippen LogP contribution in [0.4, 0.5) is 10.5 Å². The van der Waals surface area contributed by atoms with Gasteiger partial charge in [-0.2, -0.15) is 0 Å². The van der Waals surface area contributed by atoms with Crippen molar-refractivity contribution in [1.29, 1.82) is 0 Å². The molecule has 2 heterocycles. The zero-order valence-electron chi connectivity index (χ0n) is 20.6. The van der Waals surface area contributed by atoms with E-state index in [4.69, 9.17) is 9.72 Å². The Balaban J connectivity index is 1.71. The molecule has 1 N–H and O–H groups in total. The fraction of sp³-hybridized carbons (Fsp3) is 0.333. The van der Waals surface area contributed by atoms with Crippen molar-refractivity contribution in [1.82, 2.24) is 14.5 Å². The highest BCUT2D eigenvalue weighted by atomic mass is 16.6. The Hall–Kier alpha value is -3.94. The fourth-order valence-corrected chi connectivity index (χ4v) is 4.13. The lowest BCUT2D eigenvalue weighted by molar-refractivity contribution is -0.116. The Labute approximate surface area is 204 Å². The Bertz CT molecular complexity index is 1330. The van der Waals surface area contributed by atoms with E-state index < -0.39 is 6.09 Å². The van der Waals surface area contributed by atoms with Crippen LogP contribution in [0.5, 0.6) is 0 Å². The van der Waals surface area contributed by atoms with Gasteiger partial charge in [-0.05, 0) is 57.4 Å². The second kappa shape index (κ2) is 10.1. The normalized spacial score (nSPS) is 12.7. The van der Waals surface area contributed by atoms with Crippen LogP contribution < -0.4 is 10.9 Å². The summed E-state index contributed by atoms with van der Waals surface area (Å²) in [5, 5.41) is 2.89. The molecule has 1 aromatic heterocycles. The molecular formula is C27H30N4O4. The van der Waals surface area contributed by atoms with Crippen LogP contribution in [0, 0.1) is 20.8 Å². The molecule has 3 aromatic rings. The number of nitrogens with zero attached hydrogens (tertiary/aromatic N) is 3. The minimum Gasteiger partial charge on any atom is -0.450 e. The zero-order valence-corrected chi connectivity index (χ0v) is 20.6. The molecule has 8 heteroatoms. The Kier molecular flexibility index (Phi) is 7.00. The van der Waals surface area contributed by atoms with E-state index in [1.54, 1.807) is 11.8 Å². The lowest BCUT2D eigenvalue weighted by Gasteiger charge is -2.28. The van der Waals surface area contributed by atoms with Crippen molar-refractivity contribution in [2.75, 3.05) is 18.5 Å². The predicted molar refractivity (Wildman–Crippen MR) is 134 cm³/mol. The molecule has 0 spiro atoms. The number of aromatic nitrogens is 2. The number of fused-ring (bicyclic) bond motifs is 1. The van der Waals surface area contributed by atoms with Gasteiger partial charge in [0.2, 0.25) is 5.91 Å². The minimum absolute atomic E-state index is 0.170. The van der Waals surface area contributed by atoms with Gasteiger partial charge in [0.05, 0.1) is 18.8 Å². The van der Waals surface area contributed by atoms with Gasteiger partial charge in [0.25, 0.3) is 5.56 Å². The van der Waals surface area contributed by atoms with Crippen LogP contribution in [0.15, 0.2) is 47.3 Å². The van der Waals surface area contributed by atoms with E-state index in [0.717, 1.165) is 22.3 Å². The van der Waals surface area contributed by atoms with Crippen LogP contribution in [-0.2, 0) is 29.0 Å². The van der Waals surface area contributed by atoms with Crippen molar-refractivity contribution in [3.63, 3.8) is 0 Å². The van der Waals surface area contributed by atoms with E-state index in [2.05, 4.69) is 5.32 Å². The molecule has 2 aromatic carbocycles. The van der Waals surface area contributed by atoms with E-state index in [1.165, 1.54) is 4.57 Å². The highest BCUT2D eigenvalue weighted by Gasteiger charge is 2.27. The molecule has 0 unspecified atom stereocenters. The van der Waals surface area contributed by atoms with Gasteiger partial charge in [-0.15, -0.1) is 0 Å². The molecule has 2 amide bonds. The first kappa shape index (κ1) is 24.2. The Morgan fingerprint density at radius 2 is 1.80 bits per heavy atom. The van der Waals surface area contributed by atoms with Crippen molar-refractivity contribution in [3.8, 4) is 11.4 Å². The molecule has 0 radical (unpaired) electrons. The molecular weight excluding hydrogens is 444 g/mol. The Morgan fingerprint density at radius 3 is 2.49 bits per heavy atom. The quantitative estimate of drug-likeness (QED) is 0.604. The van der Waals surface area contributed by atoms with Gasteiger partial charge in [-0.3, -0.25) is 14.2 Å². The molecule has 0 saturated heterocycles. The summed E-state index contributed by atoms with van der Waals surface area (Å²) in [5.41, 5.74) is 5.49. The summed E-state index contributed by atoms with van der Waals surface area (Å²) in [5.74, 6) is 0.0871. The summed E-state index contributed by atoms with van der Waals surface area (Å²) in [6.07, 6.45) is -0.0683. The van der Waals surface area contributed by atoms with Crippen molar-refractivity contribution < 1.29 is 14.3 Å². The highest BCUT2D eigenvalue weighted by Crippen LogP contribution is 2.22. The third-order valence-electron chi connectivity index (χ3n) is 6.25. The fourth-order valence-electron chi connectivity index (χ4n) is 4.13. The van der Waals surface area contributed by atoms with Gasteiger partial charge < -0.3 is 15.0 Å². The molecule has 4 rings (SSSR count). The van der Waals surface area contributed by atoms with Crippen LogP contribution in [-0.4, -0.2) is 39.6 Å². The number of carbonyl (C=O) groups excluding carboxylic acids is 2. The second-order valence-electron chi connectivity index (χ2n) is 8.84. The van der Waals surface area contributed by atoms with Crippen molar-refractivity contribution in [2.45, 2.75) is 47.2 Å². The summed E-state index contributed by atoms with van der Waals surface area (Å²) < 4.78 is 6.56. The Morgan fingerprint density at radius 1 is 1.06 bits per heavy atom. The number of anilines is 1. The third kappa shape index (κ3) is 5.26. The summed E-state index contributed by atoms with van der Waals surface area (Å²) in [4.78, 5) is 45.1. The van der Waals surface area contributed by atoms with Crippen LogP contribution >= 0.6 is 0 Å². The molecule has 1 aliphatic rings. The van der Waals surface area contributed by atoms with Crippen LogP contribution in [0.1, 0.15) is 34.9 Å². The zero-order chi connectivity index (χ0) is 25.1. The molecule has 8 nitrogen and oxygen atoms in total. The molecule has 0 saturated carbocycles. The number of aryl methyl sites for hydroxylation is 3. The lowest BCUT2D eigenvalue weighted by Crippen LogP contribution is -2.42. The monoisotopic (exact) mass is 474 g/mol. The molecule has 1 aliphatic heterocycles. The number of benzene rings is 2. The number of hydrogen-bond donors (Lipinski definition) is 1. The number of hydrogen-bond acceptors (Lipinski definition) is 5. The van der Waals surface area contributed by atoms with Gasteiger partial charge in [0.15, 0.2) is 0 Å². The van der Waals surface area contributed by atoms with Crippen molar-refractivity contribution in [3.05, 3.63) is 80.8 Å². The summed E-state index contributed by atoms with van der Waals surface area (Å²) >= 11 is 0. The highest BCUT2D eigenvalue weighted by molar-refractivity contribution is 5.91. The molecule has 182 valence electrons. The minimum atomic E-state index is -0.422. The number of rotatable bonds is 5. The van der Waals surface area contributed by atoms with Gasteiger partial charge in [-0.25, -0.2) is 9.78 Å². The molecule has 0 aliphatic carbocycles. The number of amides is 2. The molecule has 0 atom stereocenters. The first-order chi connectivity index (χ1) is 16.8. The van der Waals surface area contributed by atoms with Gasteiger partial charge in [-0.1, -0.05) is 35.9 Å². The maximum atomic E-state index is 13.6. The van der Waals surface area contributed by atoms with Crippen LogP contribution in [0.3, 0.4) is 0 Å². The largest absolute Gasteiger partial charge is 0.450 e. The van der Waals surface area contributed by atoms with Gasteiger partial charge in [0, 0.05) is 23.4 Å². The number of carbonyl (C=O) groups is 2. The number of ether oxygens (including phenoxy) is 1. The topological polar surface area (TPSA) is 93.5 Å². The average molecular weight is 475 g/mol. The average Bonchev–Trinajstić information content (AvgIpc) is 2.83. The van der Waals surface area contributed by atoms with Crippen molar-refractivity contribution >= 4 is 17.7 Å². The molecule has 0 fully saturated rings. The smallest absolute Gasteiger partial charge is 0.410 e. The second-order valence-corrected chi connectivity index (χ2v) is 8.84. The first-order valence-corrected chi connectivity index (χ1v) is 11.7. The van der Waals surface area contributed by atoms with Crippen LogP contribution in [0.2, 0.25) is 0 Å². The first-order valence-electron chi connectivity index (χ1n) is 11.7. The maximum Gasteiger partial charge on any atom is 0.410 e. The van der Waals surface area contributed by atoms with Gasteiger partial charge >= 0.3 is 6.09 Å². The predicted octanol–water partition coefficient (Wildman–Crippen LogP) is 3.99. The standard InChI is InChI=1S/C27H30N4O4/c1-5-35-27(34)30-13-12-22-23(15-30)29-25(20-9-6-17(2)7-10-20)31(26(22)33)16-24(32)28-21-11-8-18(3)19(4)14-21/h6-11,14H,5,12-13,15-16H2,1-4H3,(H,28,32). The van der Waals surface area contributed by atoms with E-state index >= 15 is 0 Å². The molecule has 0 bridgehead atoms. The SMILES string of the molecule is CCOC(=O)N1CCc2c(nc(-c3ccc(C)cc3)n(CC(=O)Nc3ccc(C)c(C)c3)c2=O)C1. The van der Waals surface area contributed by atoms with E-state index in [9.17, 15) is 14.4 Å². The van der Waals surface area contributed by atoms with E-state index in [0.29, 0.717) is 35.7 Å². The summed E-state index contributed by atoms with van der Waals surface area (Å²) in [6.45, 7) is 8.39. The summed E-state index contributed by atoms with van der Waals surface area (Å²) in [6, 6.07) is 13.3.